The average Bonchev–Trinajstić information content (AvgIpc) is 2.66. The molecule has 0 radical (unpaired) electrons. The van der Waals surface area contributed by atoms with E-state index in [4.69, 9.17) is 9.47 Å². The second-order valence-corrected chi connectivity index (χ2v) is 7.00. The van der Waals surface area contributed by atoms with Crippen molar-refractivity contribution in [3.05, 3.63) is 48.5 Å². The van der Waals surface area contributed by atoms with Crippen LogP contribution < -0.4 is 20.1 Å². The zero-order chi connectivity index (χ0) is 18.8. The fourth-order valence-electron chi connectivity index (χ4n) is 2.44. The minimum absolute atomic E-state index is 0.0517. The van der Waals surface area contributed by atoms with Gasteiger partial charge in [0.2, 0.25) is 5.91 Å². The van der Waals surface area contributed by atoms with E-state index in [1.54, 1.807) is 44.2 Å². The van der Waals surface area contributed by atoms with Crippen LogP contribution in [0.4, 0.5) is 5.69 Å². The monoisotopic (exact) mass is 374 g/mol. The standard InChI is InChI=1S/C20H26N2O3S/c1-15(21-11-12-26-17-7-5-4-6-8-17)13-20(23)22-18-10-9-16(24-2)14-19(18)25-3/h4-10,14-15,21H,11-13H2,1-3H3,(H,22,23). The summed E-state index contributed by atoms with van der Waals surface area (Å²) >= 11 is 1.80. The van der Waals surface area contributed by atoms with Gasteiger partial charge in [0.05, 0.1) is 19.9 Å². The van der Waals surface area contributed by atoms with Crippen molar-refractivity contribution in [2.45, 2.75) is 24.3 Å². The molecule has 0 aromatic heterocycles. The molecule has 1 amide bonds. The molecule has 2 aromatic carbocycles. The number of carbonyl (C=O) groups is 1. The van der Waals surface area contributed by atoms with Crippen LogP contribution >= 0.6 is 11.8 Å². The van der Waals surface area contributed by atoms with Crippen LogP contribution in [0.15, 0.2) is 53.4 Å². The van der Waals surface area contributed by atoms with Gasteiger partial charge < -0.3 is 20.1 Å². The fourth-order valence-corrected chi connectivity index (χ4v) is 3.25. The van der Waals surface area contributed by atoms with Crippen molar-refractivity contribution < 1.29 is 14.3 Å². The van der Waals surface area contributed by atoms with Gasteiger partial charge in [0.25, 0.3) is 0 Å². The van der Waals surface area contributed by atoms with Gasteiger partial charge in [-0.2, -0.15) is 0 Å². The summed E-state index contributed by atoms with van der Waals surface area (Å²) in [6, 6.07) is 15.7. The summed E-state index contributed by atoms with van der Waals surface area (Å²) in [5, 5.41) is 6.28. The highest BCUT2D eigenvalue weighted by molar-refractivity contribution is 7.99. The summed E-state index contributed by atoms with van der Waals surface area (Å²) in [6.07, 6.45) is 0.394. The zero-order valence-electron chi connectivity index (χ0n) is 15.5. The Kier molecular flexibility index (Phi) is 8.31. The SMILES string of the molecule is COc1ccc(NC(=O)CC(C)NCCSc2ccccc2)c(OC)c1. The molecule has 2 N–H and O–H groups in total. The molecular formula is C20H26N2O3S. The number of amides is 1. The Bertz CT molecular complexity index is 695. The third-order valence-electron chi connectivity index (χ3n) is 3.78. The first-order valence-corrected chi connectivity index (χ1v) is 9.54. The highest BCUT2D eigenvalue weighted by atomic mass is 32.2. The molecule has 140 valence electrons. The molecule has 0 fully saturated rings. The lowest BCUT2D eigenvalue weighted by Crippen LogP contribution is -2.32. The van der Waals surface area contributed by atoms with Crippen LogP contribution in [0.25, 0.3) is 0 Å². The lowest BCUT2D eigenvalue weighted by molar-refractivity contribution is -0.116. The molecular weight excluding hydrogens is 348 g/mol. The van der Waals surface area contributed by atoms with E-state index in [2.05, 4.69) is 22.8 Å². The number of methoxy groups -OCH3 is 2. The summed E-state index contributed by atoms with van der Waals surface area (Å²) in [5.74, 6) is 2.18. The number of hydrogen-bond donors (Lipinski definition) is 2. The minimum Gasteiger partial charge on any atom is -0.497 e. The van der Waals surface area contributed by atoms with Gasteiger partial charge in [0, 0.05) is 35.7 Å². The van der Waals surface area contributed by atoms with Crippen LogP contribution in [0.3, 0.4) is 0 Å². The molecule has 0 aliphatic heterocycles. The third kappa shape index (κ3) is 6.61. The molecule has 0 bridgehead atoms. The van der Waals surface area contributed by atoms with Crippen molar-refractivity contribution in [3.8, 4) is 11.5 Å². The Hall–Kier alpha value is -2.18. The number of rotatable bonds is 10. The van der Waals surface area contributed by atoms with Crippen LogP contribution in [0, 0.1) is 0 Å². The van der Waals surface area contributed by atoms with E-state index in [1.165, 1.54) is 4.90 Å². The van der Waals surface area contributed by atoms with Crippen molar-refractivity contribution in [2.75, 3.05) is 31.8 Å². The van der Waals surface area contributed by atoms with Gasteiger partial charge in [-0.3, -0.25) is 4.79 Å². The lowest BCUT2D eigenvalue weighted by atomic mass is 10.2. The maximum absolute atomic E-state index is 12.3. The molecule has 2 rings (SSSR count). The Labute approximate surface area is 159 Å². The fraction of sp³-hybridized carbons (Fsp3) is 0.350. The number of hydrogen-bond acceptors (Lipinski definition) is 5. The second kappa shape index (κ2) is 10.7. The minimum atomic E-state index is -0.0517. The molecule has 1 atom stereocenters. The van der Waals surface area contributed by atoms with Crippen LogP contribution in [0.2, 0.25) is 0 Å². The van der Waals surface area contributed by atoms with Crippen molar-refractivity contribution in [1.29, 1.82) is 0 Å². The van der Waals surface area contributed by atoms with Gasteiger partial charge in [-0.1, -0.05) is 18.2 Å². The van der Waals surface area contributed by atoms with E-state index in [9.17, 15) is 4.79 Å². The largest absolute Gasteiger partial charge is 0.497 e. The van der Waals surface area contributed by atoms with Crippen molar-refractivity contribution >= 4 is 23.4 Å². The van der Waals surface area contributed by atoms with Crippen molar-refractivity contribution in [2.24, 2.45) is 0 Å². The van der Waals surface area contributed by atoms with Crippen LogP contribution in [-0.4, -0.2) is 38.5 Å². The maximum atomic E-state index is 12.3. The molecule has 0 aliphatic carbocycles. The van der Waals surface area contributed by atoms with Gasteiger partial charge >= 0.3 is 0 Å². The van der Waals surface area contributed by atoms with Crippen molar-refractivity contribution in [1.82, 2.24) is 5.32 Å². The number of carbonyl (C=O) groups excluding carboxylic acids is 1. The van der Waals surface area contributed by atoms with Crippen LogP contribution in [0.5, 0.6) is 11.5 Å². The smallest absolute Gasteiger partial charge is 0.226 e. The Morgan fingerprint density at radius 2 is 1.88 bits per heavy atom. The number of anilines is 1. The second-order valence-electron chi connectivity index (χ2n) is 5.84. The van der Waals surface area contributed by atoms with Crippen molar-refractivity contribution in [3.63, 3.8) is 0 Å². The topological polar surface area (TPSA) is 59.6 Å². The van der Waals surface area contributed by atoms with Gasteiger partial charge in [-0.25, -0.2) is 0 Å². The van der Waals surface area contributed by atoms with E-state index >= 15 is 0 Å². The first-order valence-electron chi connectivity index (χ1n) is 8.55. The maximum Gasteiger partial charge on any atom is 0.226 e. The van der Waals surface area contributed by atoms with Gasteiger partial charge in [-0.15, -0.1) is 11.8 Å². The summed E-state index contributed by atoms with van der Waals surface area (Å²) in [7, 11) is 3.16. The summed E-state index contributed by atoms with van der Waals surface area (Å²) < 4.78 is 10.5. The lowest BCUT2D eigenvalue weighted by Gasteiger charge is -2.15. The molecule has 0 spiro atoms. The first-order chi connectivity index (χ1) is 12.6. The first kappa shape index (κ1) is 20.1. The predicted molar refractivity (Wildman–Crippen MR) is 107 cm³/mol. The van der Waals surface area contributed by atoms with Gasteiger partial charge in [0.1, 0.15) is 11.5 Å². The molecule has 26 heavy (non-hydrogen) atoms. The number of nitrogens with one attached hydrogen (secondary N) is 2. The highest BCUT2D eigenvalue weighted by Gasteiger charge is 2.12. The van der Waals surface area contributed by atoms with Gasteiger partial charge in [-0.05, 0) is 31.2 Å². The Morgan fingerprint density at radius 1 is 1.12 bits per heavy atom. The number of ether oxygens (including phenoxy) is 2. The van der Waals surface area contributed by atoms with E-state index in [0.29, 0.717) is 23.6 Å². The van der Waals surface area contributed by atoms with E-state index in [1.807, 2.05) is 25.1 Å². The average molecular weight is 375 g/mol. The zero-order valence-corrected chi connectivity index (χ0v) is 16.3. The van der Waals surface area contributed by atoms with E-state index < -0.39 is 0 Å². The molecule has 2 aromatic rings. The Morgan fingerprint density at radius 3 is 2.58 bits per heavy atom. The van der Waals surface area contributed by atoms with Gasteiger partial charge in [0.15, 0.2) is 0 Å². The number of thioether (sulfide) groups is 1. The van der Waals surface area contributed by atoms with E-state index in [0.717, 1.165) is 12.3 Å². The van der Waals surface area contributed by atoms with Crippen LogP contribution in [-0.2, 0) is 4.79 Å². The summed E-state index contributed by atoms with van der Waals surface area (Å²) in [5.41, 5.74) is 0.644. The van der Waals surface area contributed by atoms with E-state index in [-0.39, 0.29) is 11.9 Å². The molecule has 5 nitrogen and oxygen atoms in total. The Balaban J connectivity index is 1.73. The third-order valence-corrected chi connectivity index (χ3v) is 4.79. The summed E-state index contributed by atoms with van der Waals surface area (Å²) in [4.78, 5) is 13.5. The molecule has 0 saturated carbocycles. The predicted octanol–water partition coefficient (Wildman–Crippen LogP) is 3.80. The molecule has 0 heterocycles. The molecule has 6 heteroatoms. The molecule has 1 unspecified atom stereocenters. The quantitative estimate of drug-likeness (QED) is 0.489. The van der Waals surface area contributed by atoms with Crippen LogP contribution in [0.1, 0.15) is 13.3 Å². The number of benzene rings is 2. The normalized spacial score (nSPS) is 11.7. The molecule has 0 aliphatic rings. The molecule has 0 saturated heterocycles. The summed E-state index contributed by atoms with van der Waals surface area (Å²) in [6.45, 7) is 2.86. The highest BCUT2D eigenvalue weighted by Crippen LogP contribution is 2.29.